The predicted molar refractivity (Wildman–Crippen MR) is 47.1 cm³/mol. The zero-order valence-corrected chi connectivity index (χ0v) is 7.10. The van der Waals surface area contributed by atoms with Crippen molar-refractivity contribution in [3.05, 3.63) is 39.5 Å². The highest BCUT2D eigenvalue weighted by atomic mass is 35.5. The fourth-order valence-corrected chi connectivity index (χ4v) is 1.27. The van der Waals surface area contributed by atoms with Gasteiger partial charge < -0.3 is 10.1 Å². The maximum Gasteiger partial charge on any atom is 0.175 e. The number of aromatic nitrogens is 2. The van der Waals surface area contributed by atoms with Gasteiger partial charge in [0.1, 0.15) is 5.52 Å². The molecule has 0 aliphatic heterocycles. The molecule has 13 heavy (non-hydrogen) atoms. The second-order valence-electron chi connectivity index (χ2n) is 2.47. The highest BCUT2D eigenvalue weighted by Gasteiger charge is 2.10. The molecule has 0 N–H and O–H groups in total. The Hall–Kier alpha value is -1.62. The van der Waals surface area contributed by atoms with Gasteiger partial charge in [-0.1, -0.05) is 11.6 Å². The number of nitrogens with zero attached hydrogens (tertiary/aromatic N) is 3. The molecular weight excluding hydrogens is 194 g/mol. The number of hydrogen-bond acceptors (Lipinski definition) is 3. The van der Waals surface area contributed by atoms with Crippen LogP contribution in [0, 0.1) is 10.1 Å². The van der Waals surface area contributed by atoms with Crippen LogP contribution in [-0.2, 0) is 0 Å². The molecule has 0 radical (unpaired) electrons. The fourth-order valence-electron chi connectivity index (χ4n) is 1.11. The Morgan fingerprint density at radius 3 is 3.00 bits per heavy atom. The number of fused-ring (bicyclic) bond motifs is 1. The first-order valence-corrected chi connectivity index (χ1v) is 3.84. The highest BCUT2D eigenvalue weighted by molar-refractivity contribution is 6.31. The van der Waals surface area contributed by atoms with Gasteiger partial charge in [-0.15, -0.1) is 0 Å². The Balaban J connectivity index is 2.79. The summed E-state index contributed by atoms with van der Waals surface area (Å²) in [5, 5.41) is 14.6. The molecular formula is C7H4ClN3O2. The van der Waals surface area contributed by atoms with E-state index in [2.05, 4.69) is 5.10 Å². The predicted octanol–water partition coefficient (Wildman–Crippen LogP) is 1.73. The minimum Gasteiger partial charge on any atom is -0.339 e. The topological polar surface area (TPSA) is 61.0 Å². The van der Waals surface area contributed by atoms with Crippen LogP contribution in [0.5, 0.6) is 0 Å². The lowest BCUT2D eigenvalue weighted by Crippen LogP contribution is -2.09. The summed E-state index contributed by atoms with van der Waals surface area (Å²) >= 11 is 5.69. The van der Waals surface area contributed by atoms with Crippen molar-refractivity contribution in [2.75, 3.05) is 0 Å². The van der Waals surface area contributed by atoms with Crippen LogP contribution < -0.4 is 0 Å². The van der Waals surface area contributed by atoms with E-state index in [4.69, 9.17) is 11.6 Å². The van der Waals surface area contributed by atoms with Crippen molar-refractivity contribution in [1.82, 2.24) is 9.89 Å². The lowest BCUT2D eigenvalue weighted by Gasteiger charge is -1.93. The van der Waals surface area contributed by atoms with Gasteiger partial charge in [0, 0.05) is 14.9 Å². The molecule has 5 nitrogen and oxygen atoms in total. The van der Waals surface area contributed by atoms with Crippen molar-refractivity contribution in [3.63, 3.8) is 0 Å². The van der Waals surface area contributed by atoms with E-state index in [0.717, 1.165) is 0 Å². The molecule has 0 unspecified atom stereocenters. The van der Waals surface area contributed by atoms with Crippen LogP contribution in [0.3, 0.4) is 0 Å². The first-order valence-electron chi connectivity index (χ1n) is 3.46. The summed E-state index contributed by atoms with van der Waals surface area (Å²) in [6, 6.07) is 4.85. The van der Waals surface area contributed by atoms with Gasteiger partial charge in [0.05, 0.1) is 10.4 Å². The summed E-state index contributed by atoms with van der Waals surface area (Å²) in [4.78, 5) is 11.1. The molecule has 0 fully saturated rings. The van der Waals surface area contributed by atoms with Gasteiger partial charge in [0.15, 0.2) is 6.20 Å². The molecule has 2 rings (SSSR count). The average Bonchev–Trinajstić information content (AvgIpc) is 2.46. The van der Waals surface area contributed by atoms with Gasteiger partial charge in [-0.05, 0) is 18.2 Å². The lowest BCUT2D eigenvalue weighted by atomic mass is 10.3. The van der Waals surface area contributed by atoms with Gasteiger partial charge in [-0.3, -0.25) is 0 Å². The average molecular weight is 198 g/mol. The van der Waals surface area contributed by atoms with Crippen LogP contribution >= 0.6 is 11.6 Å². The molecule has 6 heteroatoms. The van der Waals surface area contributed by atoms with Crippen LogP contribution in [0.15, 0.2) is 24.4 Å². The van der Waals surface area contributed by atoms with Crippen LogP contribution in [-0.4, -0.2) is 14.9 Å². The van der Waals surface area contributed by atoms with Gasteiger partial charge in [0.2, 0.25) is 0 Å². The van der Waals surface area contributed by atoms with E-state index in [1.165, 1.54) is 12.3 Å². The van der Waals surface area contributed by atoms with Crippen molar-refractivity contribution in [2.24, 2.45) is 0 Å². The summed E-state index contributed by atoms with van der Waals surface area (Å²) in [5.41, 5.74) is 0.400. The summed E-state index contributed by atoms with van der Waals surface area (Å²) < 4.78 is 0. The summed E-state index contributed by atoms with van der Waals surface area (Å²) in [5.74, 6) is 0. The Morgan fingerprint density at radius 2 is 2.31 bits per heavy atom. The Labute approximate surface area is 77.6 Å². The second-order valence-corrected chi connectivity index (χ2v) is 2.91. The van der Waals surface area contributed by atoms with E-state index in [0.29, 0.717) is 20.7 Å². The number of benzene rings is 1. The smallest absolute Gasteiger partial charge is 0.175 e. The number of hydrogen-bond donors (Lipinski definition) is 0. The number of nitro groups is 1. The monoisotopic (exact) mass is 197 g/mol. The molecule has 2 aromatic rings. The van der Waals surface area contributed by atoms with E-state index in [1.807, 2.05) is 0 Å². The van der Waals surface area contributed by atoms with Crippen molar-refractivity contribution >= 4 is 22.5 Å². The maximum atomic E-state index is 10.5. The van der Waals surface area contributed by atoms with Crippen LogP contribution in [0.2, 0.25) is 5.02 Å². The highest BCUT2D eigenvalue weighted by Crippen LogP contribution is 2.18. The third kappa shape index (κ3) is 1.23. The third-order valence-corrected chi connectivity index (χ3v) is 1.90. The fraction of sp³-hybridized carbons (Fsp3) is 0. The molecule has 0 amide bonds. The largest absolute Gasteiger partial charge is 0.339 e. The molecule has 1 heterocycles. The quantitative estimate of drug-likeness (QED) is 0.517. The molecule has 1 aromatic carbocycles. The van der Waals surface area contributed by atoms with Crippen LogP contribution in [0.4, 0.5) is 0 Å². The van der Waals surface area contributed by atoms with Crippen molar-refractivity contribution in [1.29, 1.82) is 0 Å². The summed E-state index contributed by atoms with van der Waals surface area (Å²) in [7, 11) is 0. The number of rotatable bonds is 1. The first kappa shape index (κ1) is 8.00. The van der Waals surface area contributed by atoms with Crippen molar-refractivity contribution in [3.8, 4) is 0 Å². The van der Waals surface area contributed by atoms with Crippen molar-refractivity contribution in [2.45, 2.75) is 0 Å². The summed E-state index contributed by atoms with van der Waals surface area (Å²) in [6.07, 6.45) is 1.43. The molecule has 0 spiro atoms. The Morgan fingerprint density at radius 1 is 1.54 bits per heavy atom. The minimum absolute atomic E-state index is 0.400. The van der Waals surface area contributed by atoms with Gasteiger partial charge in [-0.25, -0.2) is 0 Å². The maximum absolute atomic E-state index is 10.5. The van der Waals surface area contributed by atoms with Gasteiger partial charge in [-0.2, -0.15) is 0 Å². The lowest BCUT2D eigenvalue weighted by molar-refractivity contribution is -0.548. The molecule has 0 bridgehead atoms. The van der Waals surface area contributed by atoms with Gasteiger partial charge in [0.25, 0.3) is 0 Å². The molecule has 0 aliphatic carbocycles. The standard InChI is InChI=1S/C7H4ClN3O2/c8-6-2-1-5-4-9-10(11(12)13)7(5)3-6/h1-4H. The molecule has 0 atom stereocenters. The van der Waals surface area contributed by atoms with E-state index in [1.54, 1.807) is 12.1 Å². The van der Waals surface area contributed by atoms with Crippen LogP contribution in [0.1, 0.15) is 0 Å². The van der Waals surface area contributed by atoms with E-state index >= 15 is 0 Å². The Bertz CT molecular complexity index is 480. The van der Waals surface area contributed by atoms with Crippen molar-refractivity contribution < 1.29 is 5.03 Å². The zero-order valence-electron chi connectivity index (χ0n) is 6.35. The minimum atomic E-state index is -0.599. The van der Waals surface area contributed by atoms with Crippen LogP contribution in [0.25, 0.3) is 10.9 Å². The Kier molecular flexibility index (Phi) is 1.66. The van der Waals surface area contributed by atoms with E-state index < -0.39 is 5.03 Å². The SMILES string of the molecule is O=[N+]([O-])n1ncc2ccc(Cl)cc21. The normalized spacial score (nSPS) is 10.5. The zero-order chi connectivity index (χ0) is 9.42. The second kappa shape index (κ2) is 2.70. The van der Waals surface area contributed by atoms with E-state index in [-0.39, 0.29) is 0 Å². The molecule has 0 aliphatic rings. The van der Waals surface area contributed by atoms with E-state index in [9.17, 15) is 10.1 Å². The number of halogens is 1. The molecule has 1 aromatic heterocycles. The molecule has 0 saturated heterocycles. The molecule has 66 valence electrons. The summed E-state index contributed by atoms with van der Waals surface area (Å²) in [6.45, 7) is 0. The van der Waals surface area contributed by atoms with Gasteiger partial charge >= 0.3 is 0 Å². The third-order valence-electron chi connectivity index (χ3n) is 1.67. The molecule has 0 saturated carbocycles. The first-order chi connectivity index (χ1) is 6.18.